The van der Waals surface area contributed by atoms with Crippen molar-refractivity contribution >= 4 is 29.0 Å². The maximum Gasteiger partial charge on any atom is 0.293 e. The molecule has 6 nitrogen and oxygen atoms in total. The van der Waals surface area contributed by atoms with Crippen LogP contribution in [0.1, 0.15) is 5.56 Å². The second kappa shape index (κ2) is 7.33. The fraction of sp³-hybridized carbons (Fsp3) is 0.333. The molecule has 118 valence electrons. The van der Waals surface area contributed by atoms with Crippen molar-refractivity contribution in [1.29, 1.82) is 0 Å². The third kappa shape index (κ3) is 3.42. The van der Waals surface area contributed by atoms with Gasteiger partial charge in [-0.2, -0.15) is 0 Å². The van der Waals surface area contributed by atoms with E-state index in [4.69, 9.17) is 14.2 Å². The van der Waals surface area contributed by atoms with Gasteiger partial charge >= 0.3 is 0 Å². The van der Waals surface area contributed by atoms with E-state index >= 15 is 0 Å². The molecule has 0 unspecified atom stereocenters. The predicted molar refractivity (Wildman–Crippen MR) is 84.1 cm³/mol. The van der Waals surface area contributed by atoms with E-state index in [9.17, 15) is 9.59 Å². The summed E-state index contributed by atoms with van der Waals surface area (Å²) in [5, 5.41) is -0.291. The molecule has 1 aromatic carbocycles. The first-order valence-corrected chi connectivity index (χ1v) is 7.38. The van der Waals surface area contributed by atoms with Gasteiger partial charge in [-0.1, -0.05) is 0 Å². The molecule has 7 heteroatoms. The van der Waals surface area contributed by atoms with Crippen molar-refractivity contribution in [2.45, 2.75) is 0 Å². The van der Waals surface area contributed by atoms with Crippen LogP contribution in [0.4, 0.5) is 4.79 Å². The Bertz CT molecular complexity index is 614. The lowest BCUT2D eigenvalue weighted by Crippen LogP contribution is -2.31. The van der Waals surface area contributed by atoms with Gasteiger partial charge in [-0.05, 0) is 30.0 Å². The number of carbonyl (C=O) groups excluding carboxylic acids is 2. The second-order valence-electron chi connectivity index (χ2n) is 4.43. The summed E-state index contributed by atoms with van der Waals surface area (Å²) in [6.45, 7) is 0.565. The van der Waals surface area contributed by atoms with E-state index in [1.54, 1.807) is 31.4 Å². The first-order chi connectivity index (χ1) is 10.6. The maximum atomic E-state index is 12.2. The van der Waals surface area contributed by atoms with Crippen molar-refractivity contribution in [1.82, 2.24) is 4.90 Å². The van der Waals surface area contributed by atoms with Crippen molar-refractivity contribution in [3.8, 4) is 11.5 Å². The molecule has 2 rings (SSSR count). The number of hydrogen-bond acceptors (Lipinski definition) is 6. The van der Waals surface area contributed by atoms with Crippen molar-refractivity contribution in [3.05, 3.63) is 28.7 Å². The van der Waals surface area contributed by atoms with Gasteiger partial charge in [0.05, 0.1) is 32.3 Å². The zero-order chi connectivity index (χ0) is 16.1. The summed E-state index contributed by atoms with van der Waals surface area (Å²) in [6, 6.07) is 5.27. The average molecular weight is 323 g/mol. The van der Waals surface area contributed by atoms with Gasteiger partial charge in [-0.15, -0.1) is 0 Å². The minimum atomic E-state index is -0.315. The SMILES string of the molecule is COCCN1C(=O)S/C(=C/c2ccc(OC)cc2OC)C1=O. The molecule has 1 fully saturated rings. The molecule has 2 amide bonds. The summed E-state index contributed by atoms with van der Waals surface area (Å²) in [7, 11) is 4.63. The number of imide groups is 1. The zero-order valence-corrected chi connectivity index (χ0v) is 13.4. The van der Waals surface area contributed by atoms with Crippen LogP contribution >= 0.6 is 11.8 Å². The van der Waals surface area contributed by atoms with Gasteiger partial charge in [-0.3, -0.25) is 14.5 Å². The lowest BCUT2D eigenvalue weighted by Gasteiger charge is -2.11. The Morgan fingerprint density at radius 3 is 2.59 bits per heavy atom. The Hall–Kier alpha value is -1.99. The largest absolute Gasteiger partial charge is 0.497 e. The highest BCUT2D eigenvalue weighted by molar-refractivity contribution is 8.18. The van der Waals surface area contributed by atoms with E-state index in [-0.39, 0.29) is 17.7 Å². The normalized spacial score (nSPS) is 16.5. The van der Waals surface area contributed by atoms with E-state index in [1.165, 1.54) is 19.1 Å². The molecular formula is C15H17NO5S. The summed E-state index contributed by atoms with van der Waals surface area (Å²) in [5.74, 6) is 0.912. The second-order valence-corrected chi connectivity index (χ2v) is 5.43. The number of hydrogen-bond donors (Lipinski definition) is 0. The highest BCUT2D eigenvalue weighted by atomic mass is 32.2. The number of carbonyl (C=O) groups is 2. The molecule has 0 atom stereocenters. The van der Waals surface area contributed by atoms with Crippen molar-refractivity contribution in [2.75, 3.05) is 34.5 Å². The van der Waals surface area contributed by atoms with E-state index in [1.807, 2.05) is 0 Å². The number of amides is 2. The molecule has 0 saturated carbocycles. The van der Waals surface area contributed by atoms with E-state index in [0.29, 0.717) is 28.6 Å². The molecule has 0 bridgehead atoms. The summed E-state index contributed by atoms with van der Waals surface area (Å²) in [4.78, 5) is 25.7. The van der Waals surface area contributed by atoms with Crippen LogP contribution in [0.5, 0.6) is 11.5 Å². The standard InChI is InChI=1S/C15H17NO5S/c1-19-7-6-16-14(17)13(22-15(16)18)8-10-4-5-11(20-2)9-12(10)21-3/h4-5,8-9H,6-7H2,1-3H3/b13-8+. The van der Waals surface area contributed by atoms with Crippen LogP contribution in [0, 0.1) is 0 Å². The minimum Gasteiger partial charge on any atom is -0.497 e. The number of benzene rings is 1. The first kappa shape index (κ1) is 16.4. The fourth-order valence-electron chi connectivity index (χ4n) is 1.95. The number of thioether (sulfide) groups is 1. The Balaban J connectivity index is 2.26. The summed E-state index contributed by atoms with van der Waals surface area (Å²) >= 11 is 0.912. The highest BCUT2D eigenvalue weighted by Gasteiger charge is 2.34. The monoisotopic (exact) mass is 323 g/mol. The molecule has 1 aliphatic rings. The van der Waals surface area contributed by atoms with Crippen LogP contribution < -0.4 is 9.47 Å². The zero-order valence-electron chi connectivity index (χ0n) is 12.6. The van der Waals surface area contributed by atoms with Crippen LogP contribution in [0.25, 0.3) is 6.08 Å². The minimum absolute atomic E-state index is 0.248. The highest BCUT2D eigenvalue weighted by Crippen LogP contribution is 2.34. The quantitative estimate of drug-likeness (QED) is 0.749. The van der Waals surface area contributed by atoms with Gasteiger partial charge in [0, 0.05) is 18.7 Å². The molecule has 1 heterocycles. The van der Waals surface area contributed by atoms with Gasteiger partial charge in [0.1, 0.15) is 11.5 Å². The number of ether oxygens (including phenoxy) is 3. The average Bonchev–Trinajstić information content (AvgIpc) is 2.79. The summed E-state index contributed by atoms with van der Waals surface area (Å²) in [5.41, 5.74) is 0.709. The molecule has 0 radical (unpaired) electrons. The topological polar surface area (TPSA) is 65.1 Å². The number of nitrogens with zero attached hydrogens (tertiary/aromatic N) is 1. The summed E-state index contributed by atoms with van der Waals surface area (Å²) in [6.07, 6.45) is 1.65. The molecule has 0 aromatic heterocycles. The molecule has 0 N–H and O–H groups in total. The van der Waals surface area contributed by atoms with Gasteiger partial charge in [0.2, 0.25) is 0 Å². The third-order valence-electron chi connectivity index (χ3n) is 3.12. The molecule has 0 spiro atoms. The maximum absolute atomic E-state index is 12.2. The van der Waals surface area contributed by atoms with Crippen LogP contribution in [-0.2, 0) is 9.53 Å². The van der Waals surface area contributed by atoms with E-state index in [2.05, 4.69) is 0 Å². The van der Waals surface area contributed by atoms with Crippen LogP contribution in [0.3, 0.4) is 0 Å². The fourth-order valence-corrected chi connectivity index (χ4v) is 2.81. The Morgan fingerprint density at radius 2 is 1.95 bits per heavy atom. The van der Waals surface area contributed by atoms with Gasteiger partial charge < -0.3 is 14.2 Å². The van der Waals surface area contributed by atoms with Crippen LogP contribution in [0.15, 0.2) is 23.1 Å². The Morgan fingerprint density at radius 1 is 1.18 bits per heavy atom. The predicted octanol–water partition coefficient (Wildman–Crippen LogP) is 2.39. The number of rotatable bonds is 6. The van der Waals surface area contributed by atoms with Gasteiger partial charge in [0.15, 0.2) is 0 Å². The van der Waals surface area contributed by atoms with Crippen molar-refractivity contribution in [3.63, 3.8) is 0 Å². The molecule has 1 aromatic rings. The van der Waals surface area contributed by atoms with Crippen molar-refractivity contribution < 1.29 is 23.8 Å². The summed E-state index contributed by atoms with van der Waals surface area (Å²) < 4.78 is 15.3. The van der Waals surface area contributed by atoms with E-state index < -0.39 is 0 Å². The Labute approximate surface area is 133 Å². The molecule has 1 aliphatic heterocycles. The lowest BCUT2D eigenvalue weighted by atomic mass is 10.1. The first-order valence-electron chi connectivity index (χ1n) is 6.57. The molecular weight excluding hydrogens is 306 g/mol. The van der Waals surface area contributed by atoms with Gasteiger partial charge in [-0.25, -0.2) is 0 Å². The molecule has 1 saturated heterocycles. The van der Waals surface area contributed by atoms with Crippen LogP contribution in [-0.4, -0.2) is 50.5 Å². The smallest absolute Gasteiger partial charge is 0.293 e. The van der Waals surface area contributed by atoms with Crippen molar-refractivity contribution in [2.24, 2.45) is 0 Å². The molecule has 22 heavy (non-hydrogen) atoms. The van der Waals surface area contributed by atoms with Crippen LogP contribution in [0.2, 0.25) is 0 Å². The number of methoxy groups -OCH3 is 3. The third-order valence-corrected chi connectivity index (χ3v) is 4.03. The lowest BCUT2D eigenvalue weighted by molar-refractivity contribution is -0.123. The van der Waals surface area contributed by atoms with E-state index in [0.717, 1.165) is 11.8 Å². The molecule has 0 aliphatic carbocycles. The Kier molecular flexibility index (Phi) is 5.46. The van der Waals surface area contributed by atoms with Gasteiger partial charge in [0.25, 0.3) is 11.1 Å².